The van der Waals surface area contributed by atoms with Crippen molar-refractivity contribution in [3.8, 4) is 5.75 Å². The summed E-state index contributed by atoms with van der Waals surface area (Å²) in [5.74, 6) is -2.02. The molecule has 9 rings (SSSR count). The lowest BCUT2D eigenvalue weighted by Gasteiger charge is -2.62. The van der Waals surface area contributed by atoms with Crippen molar-refractivity contribution in [1.29, 1.82) is 0 Å². The number of carbonyl (C=O) groups excluding carboxylic acids is 3. The monoisotopic (exact) mass is 782 g/mol. The zero-order valence-electron chi connectivity index (χ0n) is 33.6. The van der Waals surface area contributed by atoms with Crippen LogP contribution in [0.1, 0.15) is 68.8 Å². The quantitative estimate of drug-likeness (QED) is 0.157. The normalized spacial score (nSPS) is 37.4. The van der Waals surface area contributed by atoms with Crippen molar-refractivity contribution in [2.24, 2.45) is 11.3 Å². The maximum atomic E-state index is 15.3. The average molecular weight is 783 g/mol. The Morgan fingerprint density at radius 2 is 1.75 bits per heavy atom. The number of benzene rings is 2. The van der Waals surface area contributed by atoms with E-state index < -0.39 is 63.4 Å². The summed E-state index contributed by atoms with van der Waals surface area (Å²) < 4.78 is 23.7. The largest absolute Gasteiger partial charge is 0.496 e. The molecule has 13 heteroatoms. The Labute approximate surface area is 332 Å². The number of piperidine rings is 1. The number of anilines is 1. The van der Waals surface area contributed by atoms with Crippen LogP contribution in [0.15, 0.2) is 48.6 Å². The van der Waals surface area contributed by atoms with E-state index in [0.29, 0.717) is 81.8 Å². The maximum absolute atomic E-state index is 15.3. The third-order valence-electron chi connectivity index (χ3n) is 15.0. The average Bonchev–Trinajstić information content (AvgIpc) is 3.90. The summed E-state index contributed by atoms with van der Waals surface area (Å²) in [6.07, 6.45) is 5.28. The van der Waals surface area contributed by atoms with Gasteiger partial charge in [0.2, 0.25) is 5.60 Å². The van der Waals surface area contributed by atoms with Gasteiger partial charge < -0.3 is 39.5 Å². The second-order valence-electron chi connectivity index (χ2n) is 17.3. The Hall–Kier alpha value is -4.43. The van der Waals surface area contributed by atoms with Crippen LogP contribution in [0, 0.1) is 11.3 Å². The molecule has 1 aromatic heterocycles. The van der Waals surface area contributed by atoms with E-state index in [0.717, 1.165) is 27.7 Å². The Morgan fingerprint density at radius 3 is 2.46 bits per heavy atom. The minimum atomic E-state index is -2.32. The van der Waals surface area contributed by atoms with Crippen LogP contribution in [0.3, 0.4) is 0 Å². The van der Waals surface area contributed by atoms with E-state index in [1.165, 1.54) is 21.1 Å². The molecule has 2 saturated heterocycles. The Bertz CT molecular complexity index is 2200. The fraction of sp³-hybridized carbons (Fsp3) is 0.568. The Kier molecular flexibility index (Phi) is 8.72. The molecule has 0 radical (unpaired) electrons. The highest BCUT2D eigenvalue weighted by Gasteiger charge is 2.79. The smallest absolute Gasteiger partial charge is 0.344 e. The van der Waals surface area contributed by atoms with Gasteiger partial charge in [0.15, 0.2) is 6.10 Å². The number of aromatic nitrogens is 1. The molecule has 10 unspecified atom stereocenters. The van der Waals surface area contributed by atoms with Gasteiger partial charge in [0.25, 0.3) is 0 Å². The fourth-order valence-electron chi connectivity index (χ4n) is 12.8. The maximum Gasteiger partial charge on any atom is 0.344 e. The van der Waals surface area contributed by atoms with Gasteiger partial charge in [-0.1, -0.05) is 44.2 Å². The van der Waals surface area contributed by atoms with E-state index in [1.807, 2.05) is 50.3 Å². The molecule has 1 saturated carbocycles. The highest BCUT2D eigenvalue weighted by Crippen LogP contribution is 2.67. The summed E-state index contributed by atoms with van der Waals surface area (Å²) in [6, 6.07) is 10.7. The lowest BCUT2D eigenvalue weighted by Crippen LogP contribution is -2.80. The molecule has 10 atom stereocenters. The second kappa shape index (κ2) is 13.0. The molecule has 0 amide bonds. The van der Waals surface area contributed by atoms with Crippen LogP contribution in [0.25, 0.3) is 10.9 Å². The number of aromatic amines is 1. The SMILES string of the molecule is CCC1(O)CC2CN(CCc3c([nH]c4ccccc34)C2(C(=O)OC)c2cc3c(cc2OC)NC2C(O)(C(=O)OC)C(OC(C)=O)C4(CC)C=CCN5CCC32C54)C1. The number of fused-ring (bicyclic) bond motifs is 6. The second-order valence-corrected chi connectivity index (χ2v) is 17.3. The summed E-state index contributed by atoms with van der Waals surface area (Å²) >= 11 is 0. The van der Waals surface area contributed by atoms with Gasteiger partial charge in [0.05, 0.1) is 33.0 Å². The highest BCUT2D eigenvalue weighted by atomic mass is 16.6. The number of para-hydroxylation sites is 1. The molecular formula is C44H54N4O9. The van der Waals surface area contributed by atoms with Crippen molar-refractivity contribution in [2.45, 2.75) is 93.1 Å². The third-order valence-corrected chi connectivity index (χ3v) is 15.0. The number of H-pyrrole nitrogens is 1. The van der Waals surface area contributed by atoms with Crippen LogP contribution < -0.4 is 10.1 Å². The van der Waals surface area contributed by atoms with E-state index >= 15 is 4.79 Å². The predicted octanol–water partition coefficient (Wildman–Crippen LogP) is 3.58. The van der Waals surface area contributed by atoms with E-state index in [9.17, 15) is 19.8 Å². The fourth-order valence-corrected chi connectivity index (χ4v) is 12.8. The molecule has 57 heavy (non-hydrogen) atoms. The van der Waals surface area contributed by atoms with Crippen molar-refractivity contribution >= 4 is 34.5 Å². The molecule has 6 aliphatic rings. The van der Waals surface area contributed by atoms with Gasteiger partial charge in [-0.05, 0) is 61.9 Å². The number of nitrogens with one attached hydrogen (secondary N) is 2. The van der Waals surface area contributed by atoms with E-state index in [1.54, 1.807) is 7.11 Å². The molecule has 1 spiro atoms. The molecule has 3 aromatic rings. The number of nitrogens with zero attached hydrogens (tertiary/aromatic N) is 2. The van der Waals surface area contributed by atoms with Crippen LogP contribution >= 0.6 is 0 Å². The van der Waals surface area contributed by atoms with E-state index in [2.05, 4.69) is 32.2 Å². The molecular weight excluding hydrogens is 729 g/mol. The predicted molar refractivity (Wildman–Crippen MR) is 211 cm³/mol. The molecule has 1 aliphatic carbocycles. The summed E-state index contributed by atoms with van der Waals surface area (Å²) in [6.45, 7) is 8.30. The molecule has 5 aliphatic heterocycles. The summed E-state index contributed by atoms with van der Waals surface area (Å²) in [5, 5.41) is 29.9. The first kappa shape index (κ1) is 38.1. The highest BCUT2D eigenvalue weighted by molar-refractivity contribution is 5.95. The minimum Gasteiger partial charge on any atom is -0.496 e. The van der Waals surface area contributed by atoms with Crippen molar-refractivity contribution in [3.63, 3.8) is 0 Å². The van der Waals surface area contributed by atoms with Gasteiger partial charge >= 0.3 is 17.9 Å². The van der Waals surface area contributed by atoms with Crippen LogP contribution in [0.4, 0.5) is 5.69 Å². The van der Waals surface area contributed by atoms with Crippen LogP contribution in [-0.4, -0.2) is 126 Å². The van der Waals surface area contributed by atoms with E-state index in [-0.39, 0.29) is 6.04 Å². The Balaban J connectivity index is 1.37. The summed E-state index contributed by atoms with van der Waals surface area (Å²) in [5.41, 5.74) is -2.09. The summed E-state index contributed by atoms with van der Waals surface area (Å²) in [7, 11) is 4.23. The van der Waals surface area contributed by atoms with Crippen molar-refractivity contribution in [1.82, 2.24) is 14.8 Å². The number of ether oxygens (including phenoxy) is 4. The lowest BCUT2D eigenvalue weighted by atomic mass is 9.47. The zero-order chi connectivity index (χ0) is 40.3. The van der Waals surface area contributed by atoms with Gasteiger partial charge in [-0.15, -0.1) is 0 Å². The van der Waals surface area contributed by atoms with Crippen LogP contribution in [0.2, 0.25) is 0 Å². The number of esters is 3. The molecule has 304 valence electrons. The number of carbonyl (C=O) groups is 3. The van der Waals surface area contributed by atoms with Crippen LogP contribution in [-0.2, 0) is 45.8 Å². The minimum absolute atomic E-state index is 0.320. The van der Waals surface area contributed by atoms with Gasteiger partial charge in [-0.25, -0.2) is 4.79 Å². The number of hydrogen-bond donors (Lipinski definition) is 4. The molecule has 4 N–H and O–H groups in total. The van der Waals surface area contributed by atoms with Crippen LogP contribution in [0.5, 0.6) is 5.75 Å². The first-order valence-corrected chi connectivity index (χ1v) is 20.3. The molecule has 2 bridgehead atoms. The number of methoxy groups -OCH3 is 3. The first-order valence-electron chi connectivity index (χ1n) is 20.3. The zero-order valence-corrected chi connectivity index (χ0v) is 33.6. The first-order chi connectivity index (χ1) is 27.3. The standard InChI is InChI=1S/C44H54N4O9/c1-7-40(52)22-26-23-47(24-40)18-14-28-27-12-9-10-13-31(27)45-34(28)43(26,38(50)55-5)30-20-29-32(21-33(30)54-4)46-35-42(29)16-19-48-17-11-15-41(8-2,36(42)48)37(57-25(3)49)44(35,53)39(51)56-6/h9-13,15,20-21,26,35-37,45-46,52-53H,7-8,14,16-19,22-24H2,1-6H3. The molecule has 13 nitrogen and oxygen atoms in total. The van der Waals surface area contributed by atoms with Crippen molar-refractivity contribution in [2.75, 3.05) is 59.4 Å². The van der Waals surface area contributed by atoms with Gasteiger partial charge in [0, 0.05) is 89.8 Å². The Morgan fingerprint density at radius 1 is 0.982 bits per heavy atom. The van der Waals surface area contributed by atoms with Gasteiger partial charge in [-0.3, -0.25) is 19.4 Å². The third kappa shape index (κ3) is 4.79. The van der Waals surface area contributed by atoms with Crippen molar-refractivity contribution < 1.29 is 43.5 Å². The number of rotatable bonds is 7. The molecule has 3 fully saturated rings. The lowest BCUT2D eigenvalue weighted by molar-refractivity contribution is -0.226. The number of aliphatic hydroxyl groups is 2. The number of hydrogen-bond acceptors (Lipinski definition) is 12. The van der Waals surface area contributed by atoms with Crippen molar-refractivity contribution in [3.05, 3.63) is 70.9 Å². The van der Waals surface area contributed by atoms with Gasteiger partial charge in [0.1, 0.15) is 11.2 Å². The molecule has 6 heterocycles. The van der Waals surface area contributed by atoms with E-state index in [4.69, 9.17) is 18.9 Å². The van der Waals surface area contributed by atoms with Gasteiger partial charge in [-0.2, -0.15) is 0 Å². The topological polar surface area (TPSA) is 163 Å². The summed E-state index contributed by atoms with van der Waals surface area (Å²) in [4.78, 5) is 50.8. The molecule has 2 aromatic carbocycles.